The molecule has 1 amide bonds. The van der Waals surface area contributed by atoms with Crippen molar-refractivity contribution in [3.05, 3.63) is 66.8 Å². The number of anilines is 4. The molecule has 0 radical (unpaired) electrons. The van der Waals surface area contributed by atoms with Gasteiger partial charge in [-0.3, -0.25) is 4.79 Å². The van der Waals surface area contributed by atoms with Crippen molar-refractivity contribution in [1.29, 1.82) is 0 Å². The second-order valence-corrected chi connectivity index (χ2v) is 6.83. The van der Waals surface area contributed by atoms with Crippen LogP contribution in [0, 0.1) is 0 Å². The van der Waals surface area contributed by atoms with Gasteiger partial charge >= 0.3 is 0 Å². The van der Waals surface area contributed by atoms with Crippen molar-refractivity contribution in [2.45, 2.75) is 0 Å². The van der Waals surface area contributed by atoms with Crippen LogP contribution in [0.1, 0.15) is 10.6 Å². The lowest BCUT2D eigenvalue weighted by molar-refractivity contribution is 0.0996. The summed E-state index contributed by atoms with van der Waals surface area (Å²) in [5.41, 5.74) is 3.09. The van der Waals surface area contributed by atoms with Crippen molar-refractivity contribution in [3.63, 3.8) is 0 Å². The highest BCUT2D eigenvalue weighted by molar-refractivity contribution is 6.01. The fourth-order valence-electron chi connectivity index (χ4n) is 3.11. The zero-order valence-electron chi connectivity index (χ0n) is 15.8. The third-order valence-electron chi connectivity index (χ3n) is 4.77. The minimum Gasteiger partial charge on any atom is -0.459 e. The zero-order valence-corrected chi connectivity index (χ0v) is 15.8. The number of amides is 1. The Hall–Kier alpha value is -3.32. The molecule has 0 unspecified atom stereocenters. The van der Waals surface area contributed by atoms with Crippen molar-refractivity contribution >= 4 is 28.8 Å². The molecule has 4 rings (SSSR count). The number of pyridine rings is 1. The van der Waals surface area contributed by atoms with Crippen LogP contribution in [-0.2, 0) is 0 Å². The number of nitrogens with zero attached hydrogens (tertiary/aromatic N) is 3. The summed E-state index contributed by atoms with van der Waals surface area (Å²) in [6, 6.07) is 15.3. The van der Waals surface area contributed by atoms with E-state index in [0.717, 1.165) is 37.6 Å². The van der Waals surface area contributed by atoms with Gasteiger partial charge in [0.1, 0.15) is 5.82 Å². The number of aromatic nitrogens is 1. The molecular weight excluding hydrogens is 354 g/mol. The lowest BCUT2D eigenvalue weighted by Gasteiger charge is -2.34. The molecule has 0 spiro atoms. The molecule has 1 fully saturated rings. The molecule has 1 aromatic carbocycles. The van der Waals surface area contributed by atoms with Crippen LogP contribution in [0.4, 0.5) is 22.9 Å². The van der Waals surface area contributed by atoms with Crippen molar-refractivity contribution < 1.29 is 9.21 Å². The summed E-state index contributed by atoms with van der Waals surface area (Å²) >= 11 is 0. The first kappa shape index (κ1) is 18.1. The Balaban J connectivity index is 1.34. The molecule has 0 bridgehead atoms. The van der Waals surface area contributed by atoms with Crippen LogP contribution in [0.25, 0.3) is 0 Å². The van der Waals surface area contributed by atoms with Gasteiger partial charge in [-0.1, -0.05) is 0 Å². The summed E-state index contributed by atoms with van der Waals surface area (Å²) in [4.78, 5) is 21.0. The highest BCUT2D eigenvalue weighted by Crippen LogP contribution is 2.22. The van der Waals surface area contributed by atoms with Gasteiger partial charge in [0.2, 0.25) is 0 Å². The average Bonchev–Trinajstić information content (AvgIpc) is 3.26. The number of likely N-dealkylation sites (N-methyl/N-ethyl adjacent to an activating group) is 1. The van der Waals surface area contributed by atoms with Crippen molar-refractivity contribution in [3.8, 4) is 0 Å². The van der Waals surface area contributed by atoms with E-state index in [1.54, 1.807) is 24.4 Å². The Kier molecular flexibility index (Phi) is 5.25. The Bertz CT molecular complexity index is 899. The van der Waals surface area contributed by atoms with Crippen LogP contribution in [0.2, 0.25) is 0 Å². The number of hydrogen-bond acceptors (Lipinski definition) is 6. The van der Waals surface area contributed by atoms with E-state index >= 15 is 0 Å². The molecule has 7 nitrogen and oxygen atoms in total. The third-order valence-corrected chi connectivity index (χ3v) is 4.77. The zero-order chi connectivity index (χ0) is 19.3. The standard InChI is InChI=1S/C21H23N5O2/c1-25-10-12-26(13-11-25)18-7-4-16(5-8-18)23-17-6-9-20(22-15-17)24-21(27)19-3-2-14-28-19/h2-9,14-15,23H,10-13H2,1H3,(H,22,24,27). The van der Waals surface area contributed by atoms with Crippen molar-refractivity contribution in [1.82, 2.24) is 9.88 Å². The molecule has 3 heterocycles. The number of carbonyl (C=O) groups excluding carboxylic acids is 1. The molecule has 0 atom stereocenters. The van der Waals surface area contributed by atoms with Gasteiger partial charge in [-0.05, 0) is 55.6 Å². The second-order valence-electron chi connectivity index (χ2n) is 6.83. The Labute approximate surface area is 164 Å². The molecule has 28 heavy (non-hydrogen) atoms. The molecular formula is C21H23N5O2. The van der Waals surface area contributed by atoms with E-state index in [2.05, 4.69) is 56.7 Å². The van der Waals surface area contributed by atoms with Crippen LogP contribution in [-0.4, -0.2) is 49.0 Å². The summed E-state index contributed by atoms with van der Waals surface area (Å²) < 4.78 is 5.07. The van der Waals surface area contributed by atoms with Gasteiger partial charge in [0, 0.05) is 37.6 Å². The molecule has 2 N–H and O–H groups in total. The first-order chi connectivity index (χ1) is 13.7. The quantitative estimate of drug-likeness (QED) is 0.710. The van der Waals surface area contributed by atoms with E-state index in [0.29, 0.717) is 5.82 Å². The number of piperazine rings is 1. The summed E-state index contributed by atoms with van der Waals surface area (Å²) in [6.07, 6.45) is 3.15. The summed E-state index contributed by atoms with van der Waals surface area (Å²) in [7, 11) is 2.16. The number of benzene rings is 1. The normalized spacial score (nSPS) is 14.7. The van der Waals surface area contributed by atoms with Gasteiger partial charge in [0.05, 0.1) is 18.1 Å². The van der Waals surface area contributed by atoms with Crippen LogP contribution >= 0.6 is 0 Å². The molecule has 144 valence electrons. The lowest BCUT2D eigenvalue weighted by atomic mass is 10.2. The number of carbonyl (C=O) groups is 1. The topological polar surface area (TPSA) is 73.6 Å². The number of furan rings is 1. The Morgan fingerprint density at radius 3 is 2.39 bits per heavy atom. The fourth-order valence-corrected chi connectivity index (χ4v) is 3.11. The Morgan fingerprint density at radius 1 is 1.00 bits per heavy atom. The average molecular weight is 377 g/mol. The molecule has 0 saturated carbocycles. The number of rotatable bonds is 5. The van der Waals surface area contributed by atoms with Gasteiger partial charge in [-0.25, -0.2) is 4.98 Å². The van der Waals surface area contributed by atoms with E-state index in [1.807, 2.05) is 6.07 Å². The molecule has 1 aliphatic heterocycles. The van der Waals surface area contributed by atoms with E-state index < -0.39 is 0 Å². The van der Waals surface area contributed by atoms with Crippen molar-refractivity contribution in [2.75, 3.05) is 48.8 Å². The minimum atomic E-state index is -0.322. The molecule has 3 aromatic rings. The van der Waals surface area contributed by atoms with Crippen LogP contribution in [0.3, 0.4) is 0 Å². The van der Waals surface area contributed by atoms with Gasteiger partial charge < -0.3 is 24.9 Å². The van der Waals surface area contributed by atoms with E-state index in [4.69, 9.17) is 4.42 Å². The molecule has 0 aliphatic carbocycles. The van der Waals surface area contributed by atoms with Crippen LogP contribution < -0.4 is 15.5 Å². The van der Waals surface area contributed by atoms with Gasteiger partial charge in [0.25, 0.3) is 5.91 Å². The Morgan fingerprint density at radius 2 is 1.75 bits per heavy atom. The van der Waals surface area contributed by atoms with Crippen molar-refractivity contribution in [2.24, 2.45) is 0 Å². The van der Waals surface area contributed by atoms with Crippen LogP contribution in [0.5, 0.6) is 0 Å². The fraction of sp³-hybridized carbons (Fsp3) is 0.238. The summed E-state index contributed by atoms with van der Waals surface area (Å²) in [5.74, 6) is 0.402. The largest absolute Gasteiger partial charge is 0.459 e. The second kappa shape index (κ2) is 8.14. The van der Waals surface area contributed by atoms with Gasteiger partial charge in [0.15, 0.2) is 5.76 Å². The molecule has 1 aliphatic rings. The molecule has 2 aromatic heterocycles. The van der Waals surface area contributed by atoms with Gasteiger partial charge in [-0.15, -0.1) is 0 Å². The van der Waals surface area contributed by atoms with E-state index in [9.17, 15) is 4.79 Å². The number of nitrogens with one attached hydrogen (secondary N) is 2. The third kappa shape index (κ3) is 4.32. The number of hydrogen-bond donors (Lipinski definition) is 2. The summed E-state index contributed by atoms with van der Waals surface area (Å²) in [6.45, 7) is 4.29. The van der Waals surface area contributed by atoms with E-state index in [1.165, 1.54) is 12.0 Å². The highest BCUT2D eigenvalue weighted by atomic mass is 16.3. The van der Waals surface area contributed by atoms with E-state index in [-0.39, 0.29) is 11.7 Å². The first-order valence-electron chi connectivity index (χ1n) is 9.29. The first-order valence-corrected chi connectivity index (χ1v) is 9.29. The van der Waals surface area contributed by atoms with Crippen LogP contribution in [0.15, 0.2) is 65.4 Å². The lowest BCUT2D eigenvalue weighted by Crippen LogP contribution is -2.44. The van der Waals surface area contributed by atoms with Gasteiger partial charge in [-0.2, -0.15) is 0 Å². The molecule has 1 saturated heterocycles. The molecule has 7 heteroatoms. The highest BCUT2D eigenvalue weighted by Gasteiger charge is 2.14. The predicted octanol–water partition coefficient (Wildman–Crippen LogP) is 3.42. The smallest absolute Gasteiger partial charge is 0.292 e. The minimum absolute atomic E-state index is 0.254. The monoisotopic (exact) mass is 377 g/mol. The maximum absolute atomic E-state index is 12.0. The predicted molar refractivity (Wildman–Crippen MR) is 110 cm³/mol. The maximum Gasteiger partial charge on any atom is 0.292 e. The SMILES string of the molecule is CN1CCN(c2ccc(Nc3ccc(NC(=O)c4ccco4)nc3)cc2)CC1. The summed E-state index contributed by atoms with van der Waals surface area (Å²) in [5, 5.41) is 6.03. The maximum atomic E-state index is 12.0.